The van der Waals surface area contributed by atoms with E-state index < -0.39 is 0 Å². The molecule has 3 nitrogen and oxygen atoms in total. The smallest absolute Gasteiger partial charge is 0.232 e. The van der Waals surface area contributed by atoms with Crippen molar-refractivity contribution in [1.29, 1.82) is 0 Å². The first-order valence-corrected chi connectivity index (χ1v) is 5.51. The van der Waals surface area contributed by atoms with Crippen molar-refractivity contribution in [3.8, 4) is 0 Å². The monoisotopic (exact) mass is 210 g/mol. The lowest BCUT2D eigenvalue weighted by molar-refractivity contribution is 0.315. The van der Waals surface area contributed by atoms with Crippen molar-refractivity contribution in [3.05, 3.63) is 11.7 Å². The maximum absolute atomic E-state index is 5.23. The van der Waals surface area contributed by atoms with Crippen LogP contribution in [-0.4, -0.2) is 10.1 Å². The maximum atomic E-state index is 5.23. The fraction of sp³-hybridized carbons (Fsp3) is 0.833. The minimum Gasteiger partial charge on any atom is -0.339 e. The normalized spacial score (nSPS) is 13.2. The lowest BCUT2D eigenvalue weighted by Gasteiger charge is -2.16. The molecule has 1 aromatic heterocycles. The fourth-order valence-corrected chi connectivity index (χ4v) is 1.15. The second kappa shape index (κ2) is 3.95. The largest absolute Gasteiger partial charge is 0.339 e. The summed E-state index contributed by atoms with van der Waals surface area (Å²) in [5, 5.41) is 4.00. The highest BCUT2D eigenvalue weighted by molar-refractivity contribution is 4.98. The van der Waals surface area contributed by atoms with Gasteiger partial charge in [-0.3, -0.25) is 0 Å². The Labute approximate surface area is 92.3 Å². The number of rotatable bonds is 2. The summed E-state index contributed by atoms with van der Waals surface area (Å²) in [6, 6.07) is 0. The molecule has 1 rings (SSSR count). The summed E-state index contributed by atoms with van der Waals surface area (Å²) < 4.78 is 5.23. The summed E-state index contributed by atoms with van der Waals surface area (Å²) in [4.78, 5) is 4.41. The molecule has 0 fully saturated rings. The van der Waals surface area contributed by atoms with E-state index in [4.69, 9.17) is 4.52 Å². The summed E-state index contributed by atoms with van der Waals surface area (Å²) in [5.41, 5.74) is 0.273. The van der Waals surface area contributed by atoms with Gasteiger partial charge in [0.1, 0.15) is 0 Å². The Morgan fingerprint density at radius 1 is 1.07 bits per heavy atom. The topological polar surface area (TPSA) is 38.9 Å². The standard InChI is InChI=1S/C12H22N2O/c1-11(2,3)8-7-9-13-10(15-14-9)12(4,5)6/h7-8H2,1-6H3. The van der Waals surface area contributed by atoms with Crippen molar-refractivity contribution in [2.24, 2.45) is 5.41 Å². The van der Waals surface area contributed by atoms with Crippen molar-refractivity contribution in [2.45, 2.75) is 59.8 Å². The van der Waals surface area contributed by atoms with Gasteiger partial charge < -0.3 is 4.52 Å². The van der Waals surface area contributed by atoms with Crippen LogP contribution >= 0.6 is 0 Å². The number of aromatic nitrogens is 2. The molecular weight excluding hydrogens is 188 g/mol. The van der Waals surface area contributed by atoms with Crippen molar-refractivity contribution >= 4 is 0 Å². The summed E-state index contributed by atoms with van der Waals surface area (Å²) in [6.07, 6.45) is 1.97. The molecule has 0 amide bonds. The van der Waals surface area contributed by atoms with E-state index in [1.54, 1.807) is 0 Å². The molecule has 0 saturated carbocycles. The van der Waals surface area contributed by atoms with Crippen LogP contribution in [0.4, 0.5) is 0 Å². The van der Waals surface area contributed by atoms with E-state index >= 15 is 0 Å². The first-order valence-electron chi connectivity index (χ1n) is 5.51. The number of aryl methyl sites for hydroxylation is 1. The highest BCUT2D eigenvalue weighted by Crippen LogP contribution is 2.23. The van der Waals surface area contributed by atoms with E-state index in [0.29, 0.717) is 5.41 Å². The van der Waals surface area contributed by atoms with Gasteiger partial charge >= 0.3 is 0 Å². The van der Waals surface area contributed by atoms with Crippen molar-refractivity contribution in [1.82, 2.24) is 10.1 Å². The van der Waals surface area contributed by atoms with Crippen molar-refractivity contribution in [3.63, 3.8) is 0 Å². The van der Waals surface area contributed by atoms with E-state index in [1.165, 1.54) is 0 Å². The van der Waals surface area contributed by atoms with Gasteiger partial charge in [0.25, 0.3) is 0 Å². The first kappa shape index (κ1) is 12.2. The lowest BCUT2D eigenvalue weighted by atomic mass is 9.90. The average molecular weight is 210 g/mol. The predicted octanol–water partition coefficient (Wildman–Crippen LogP) is 3.35. The van der Waals surface area contributed by atoms with Gasteiger partial charge in [-0.25, -0.2) is 0 Å². The van der Waals surface area contributed by atoms with Gasteiger partial charge in [0, 0.05) is 11.8 Å². The third-order valence-electron chi connectivity index (χ3n) is 2.21. The van der Waals surface area contributed by atoms with Crippen LogP contribution in [0.2, 0.25) is 0 Å². The summed E-state index contributed by atoms with van der Waals surface area (Å²) in [5.74, 6) is 1.56. The number of hydrogen-bond acceptors (Lipinski definition) is 3. The Bertz CT molecular complexity index is 315. The molecule has 0 bridgehead atoms. The molecule has 1 heterocycles. The predicted molar refractivity (Wildman–Crippen MR) is 60.8 cm³/mol. The van der Waals surface area contributed by atoms with E-state index in [0.717, 1.165) is 24.6 Å². The maximum Gasteiger partial charge on any atom is 0.232 e. The van der Waals surface area contributed by atoms with Gasteiger partial charge in [-0.2, -0.15) is 4.98 Å². The molecular formula is C12H22N2O. The van der Waals surface area contributed by atoms with Crippen molar-refractivity contribution < 1.29 is 4.52 Å². The van der Waals surface area contributed by atoms with Crippen LogP contribution in [0.1, 0.15) is 59.7 Å². The third-order valence-corrected chi connectivity index (χ3v) is 2.21. The molecule has 86 valence electrons. The molecule has 0 aromatic carbocycles. The summed E-state index contributed by atoms with van der Waals surface area (Å²) >= 11 is 0. The zero-order valence-corrected chi connectivity index (χ0v) is 10.7. The molecule has 0 unspecified atom stereocenters. The summed E-state index contributed by atoms with van der Waals surface area (Å²) in [6.45, 7) is 12.9. The van der Waals surface area contributed by atoms with Crippen LogP contribution in [0.3, 0.4) is 0 Å². The number of nitrogens with zero attached hydrogens (tertiary/aromatic N) is 2. The molecule has 0 spiro atoms. The highest BCUT2D eigenvalue weighted by Gasteiger charge is 2.22. The van der Waals surface area contributed by atoms with Crippen LogP contribution in [-0.2, 0) is 11.8 Å². The Morgan fingerprint density at radius 3 is 2.07 bits per heavy atom. The zero-order valence-electron chi connectivity index (χ0n) is 10.7. The molecule has 0 atom stereocenters. The van der Waals surface area contributed by atoms with E-state index in [-0.39, 0.29) is 5.41 Å². The van der Waals surface area contributed by atoms with Crippen LogP contribution in [0, 0.1) is 5.41 Å². The second-order valence-corrected chi connectivity index (χ2v) is 6.33. The zero-order chi connectivity index (χ0) is 11.7. The molecule has 0 N–H and O–H groups in total. The van der Waals surface area contributed by atoms with E-state index in [2.05, 4.69) is 51.7 Å². The quantitative estimate of drug-likeness (QED) is 0.751. The van der Waals surface area contributed by atoms with Crippen LogP contribution in [0.25, 0.3) is 0 Å². The minimum atomic E-state index is -0.0486. The molecule has 3 heteroatoms. The summed E-state index contributed by atoms with van der Waals surface area (Å²) in [7, 11) is 0. The van der Waals surface area contributed by atoms with Gasteiger partial charge in [-0.15, -0.1) is 0 Å². The molecule has 15 heavy (non-hydrogen) atoms. The van der Waals surface area contributed by atoms with Gasteiger partial charge in [0.2, 0.25) is 5.89 Å². The van der Waals surface area contributed by atoms with Gasteiger partial charge in [-0.1, -0.05) is 46.7 Å². The minimum absolute atomic E-state index is 0.0486. The first-order chi connectivity index (χ1) is 6.68. The van der Waals surface area contributed by atoms with E-state index in [9.17, 15) is 0 Å². The van der Waals surface area contributed by atoms with Crippen LogP contribution in [0.5, 0.6) is 0 Å². The van der Waals surface area contributed by atoms with Gasteiger partial charge in [0.15, 0.2) is 5.82 Å². The SMILES string of the molecule is CC(C)(C)CCc1noc(C(C)(C)C)n1. The molecule has 0 radical (unpaired) electrons. The van der Waals surface area contributed by atoms with Crippen LogP contribution in [0.15, 0.2) is 4.52 Å². The molecule has 0 aliphatic carbocycles. The Morgan fingerprint density at radius 2 is 1.67 bits per heavy atom. The average Bonchev–Trinajstić information content (AvgIpc) is 2.45. The van der Waals surface area contributed by atoms with Crippen molar-refractivity contribution in [2.75, 3.05) is 0 Å². The number of hydrogen-bond donors (Lipinski definition) is 0. The third kappa shape index (κ3) is 4.02. The highest BCUT2D eigenvalue weighted by atomic mass is 16.5. The lowest BCUT2D eigenvalue weighted by Crippen LogP contribution is -2.12. The molecule has 1 aromatic rings. The molecule has 0 aliphatic rings. The Hall–Kier alpha value is -0.860. The Balaban J connectivity index is 2.62. The van der Waals surface area contributed by atoms with Gasteiger partial charge in [-0.05, 0) is 11.8 Å². The van der Waals surface area contributed by atoms with E-state index in [1.807, 2.05) is 0 Å². The fourth-order valence-electron chi connectivity index (χ4n) is 1.15. The Kier molecular flexibility index (Phi) is 3.22. The van der Waals surface area contributed by atoms with Crippen LogP contribution < -0.4 is 0 Å². The molecule has 0 saturated heterocycles. The second-order valence-electron chi connectivity index (χ2n) is 6.33. The van der Waals surface area contributed by atoms with Gasteiger partial charge in [0.05, 0.1) is 0 Å². The molecule has 0 aliphatic heterocycles.